The van der Waals surface area contributed by atoms with Crippen LogP contribution in [-0.4, -0.2) is 0 Å². The van der Waals surface area contributed by atoms with Crippen LogP contribution in [0.25, 0.3) is 33.7 Å². The number of fused-ring (bicyclic) bond motifs is 2. The maximum absolute atomic E-state index is 2.33. The van der Waals surface area contributed by atoms with Crippen LogP contribution >= 0.6 is 0 Å². The van der Waals surface area contributed by atoms with Crippen LogP contribution in [0.2, 0.25) is 0 Å². The van der Waals surface area contributed by atoms with Gasteiger partial charge in [0.2, 0.25) is 0 Å². The van der Waals surface area contributed by atoms with Crippen molar-refractivity contribution in [1.29, 1.82) is 0 Å². The van der Waals surface area contributed by atoms with Crippen LogP contribution in [0.15, 0.2) is 206 Å². The van der Waals surface area contributed by atoms with E-state index in [1.807, 2.05) is 0 Å². The van der Waals surface area contributed by atoms with Crippen molar-refractivity contribution in [2.24, 2.45) is 0 Å². The minimum Gasteiger partial charge on any atom is -0.310 e. The van der Waals surface area contributed by atoms with Gasteiger partial charge in [0, 0.05) is 33.5 Å². The van der Waals surface area contributed by atoms with E-state index < -0.39 is 0 Å². The molecule has 2 heteroatoms. The van der Waals surface area contributed by atoms with E-state index in [9.17, 15) is 0 Å². The summed E-state index contributed by atoms with van der Waals surface area (Å²) in [7, 11) is 0. The minimum atomic E-state index is 1.13. The van der Waals surface area contributed by atoms with Crippen molar-refractivity contribution in [2.45, 2.75) is 0 Å². The van der Waals surface area contributed by atoms with Gasteiger partial charge in [0.1, 0.15) is 0 Å². The Kier molecular flexibility index (Phi) is 8.73. The maximum Gasteiger partial charge on any atom is 0.0540 e. The molecule has 8 rings (SSSR count). The first-order valence-corrected chi connectivity index (χ1v) is 17.0. The second-order valence-corrected chi connectivity index (χ2v) is 12.2. The number of allylic oxidation sites excluding steroid dienone is 2. The molecule has 0 bridgehead atoms. The van der Waals surface area contributed by atoms with Gasteiger partial charge < -0.3 is 9.80 Å². The highest BCUT2D eigenvalue weighted by atomic mass is 15.1. The van der Waals surface area contributed by atoms with Crippen molar-refractivity contribution >= 4 is 67.8 Å². The van der Waals surface area contributed by atoms with Crippen molar-refractivity contribution in [3.8, 4) is 0 Å². The fourth-order valence-corrected chi connectivity index (χ4v) is 6.80. The molecule has 0 aromatic heterocycles. The molecular formula is C48H36N2. The van der Waals surface area contributed by atoms with E-state index in [-0.39, 0.29) is 0 Å². The third-order valence-corrected chi connectivity index (χ3v) is 9.07. The lowest BCUT2D eigenvalue weighted by molar-refractivity contribution is 1.30. The Bertz CT molecular complexity index is 2160. The minimum absolute atomic E-state index is 1.13. The molecule has 0 radical (unpaired) electrons. The van der Waals surface area contributed by atoms with Gasteiger partial charge in [-0.2, -0.15) is 0 Å². The highest BCUT2D eigenvalue weighted by Gasteiger charge is 2.16. The molecule has 0 unspecified atom stereocenters. The van der Waals surface area contributed by atoms with Gasteiger partial charge in [-0.15, -0.1) is 0 Å². The average Bonchev–Trinajstić information content (AvgIpc) is 3.19. The molecule has 0 N–H and O–H groups in total. The summed E-state index contributed by atoms with van der Waals surface area (Å²) in [6.45, 7) is 0. The van der Waals surface area contributed by atoms with Gasteiger partial charge in [0.05, 0.1) is 11.4 Å². The van der Waals surface area contributed by atoms with Gasteiger partial charge in [-0.25, -0.2) is 0 Å². The normalized spacial score (nSPS) is 11.4. The fourth-order valence-electron chi connectivity index (χ4n) is 6.80. The summed E-state index contributed by atoms with van der Waals surface area (Å²) in [5.41, 5.74) is 9.17. The van der Waals surface area contributed by atoms with Crippen molar-refractivity contribution < 1.29 is 0 Å². The number of benzene rings is 8. The molecule has 238 valence electrons. The lowest BCUT2D eigenvalue weighted by Crippen LogP contribution is -2.10. The largest absolute Gasteiger partial charge is 0.310 e. The van der Waals surface area contributed by atoms with Crippen molar-refractivity contribution in [2.75, 3.05) is 9.80 Å². The zero-order valence-electron chi connectivity index (χ0n) is 27.7. The number of para-hydroxylation sites is 4. The second kappa shape index (κ2) is 14.2. The molecule has 0 saturated heterocycles. The van der Waals surface area contributed by atoms with Crippen LogP contribution in [0.5, 0.6) is 0 Å². The summed E-state index contributed by atoms with van der Waals surface area (Å²) in [5.74, 6) is 0. The van der Waals surface area contributed by atoms with Crippen molar-refractivity contribution in [1.82, 2.24) is 0 Å². The van der Waals surface area contributed by atoms with E-state index in [0.717, 1.165) is 34.1 Å². The lowest BCUT2D eigenvalue weighted by atomic mass is 10.0. The molecule has 0 aliphatic rings. The Hall–Kier alpha value is -6.64. The predicted octanol–water partition coefficient (Wildman–Crippen LogP) is 13.7. The van der Waals surface area contributed by atoms with Crippen LogP contribution in [-0.2, 0) is 0 Å². The Morgan fingerprint density at radius 3 is 0.900 bits per heavy atom. The molecule has 0 atom stereocenters. The SMILES string of the molecule is C(C=Cc1cccc2c(N(c3ccccc3)c3ccccc3)cccc12)=Cc1cccc2c(N(c3ccccc3)c3ccccc3)cccc12. The molecule has 0 fully saturated rings. The van der Waals surface area contributed by atoms with Gasteiger partial charge in [-0.3, -0.25) is 0 Å². The van der Waals surface area contributed by atoms with Crippen molar-refractivity contribution in [3.63, 3.8) is 0 Å². The Balaban J connectivity index is 1.14. The first-order valence-electron chi connectivity index (χ1n) is 17.0. The zero-order chi connectivity index (χ0) is 33.5. The van der Waals surface area contributed by atoms with E-state index in [1.54, 1.807) is 0 Å². The van der Waals surface area contributed by atoms with E-state index in [1.165, 1.54) is 32.7 Å². The zero-order valence-corrected chi connectivity index (χ0v) is 27.7. The highest BCUT2D eigenvalue weighted by molar-refractivity contribution is 6.04. The monoisotopic (exact) mass is 640 g/mol. The second-order valence-electron chi connectivity index (χ2n) is 12.2. The molecule has 2 nitrogen and oxygen atoms in total. The molecule has 8 aromatic rings. The van der Waals surface area contributed by atoms with Gasteiger partial charge in [0.25, 0.3) is 0 Å². The number of anilines is 6. The van der Waals surface area contributed by atoms with Gasteiger partial charge in [-0.1, -0.05) is 158 Å². The number of hydrogen-bond acceptors (Lipinski definition) is 2. The summed E-state index contributed by atoms with van der Waals surface area (Å²) in [6, 6.07) is 68.6. The molecule has 0 aliphatic carbocycles. The Labute approximate surface area is 294 Å². The molecule has 0 saturated carbocycles. The van der Waals surface area contributed by atoms with Crippen LogP contribution in [0.4, 0.5) is 34.1 Å². The Morgan fingerprint density at radius 2 is 0.560 bits per heavy atom. The number of nitrogens with zero attached hydrogens (tertiary/aromatic N) is 2. The molecule has 0 aliphatic heterocycles. The fraction of sp³-hybridized carbons (Fsp3) is 0. The topological polar surface area (TPSA) is 6.48 Å². The average molecular weight is 641 g/mol. The molecule has 8 aromatic carbocycles. The first-order chi connectivity index (χ1) is 24.8. The number of hydrogen-bond donors (Lipinski definition) is 0. The smallest absolute Gasteiger partial charge is 0.0540 e. The summed E-state index contributed by atoms with van der Waals surface area (Å²) in [4.78, 5) is 4.67. The molecular weight excluding hydrogens is 605 g/mol. The standard InChI is InChI=1S/C48H36N2/c1-5-23-39(24-6-1)49(40-25-7-2-8-26-40)47-35-17-31-43-37(21-15-33-45(43)47)19-13-14-20-38-22-16-34-46-44(38)32-18-36-48(46)50(41-27-9-3-10-28-41)42-29-11-4-12-30-42/h1-36H. The van der Waals surface area contributed by atoms with Crippen LogP contribution in [0, 0.1) is 0 Å². The van der Waals surface area contributed by atoms with Crippen molar-refractivity contribution in [3.05, 3.63) is 217 Å². The van der Waals surface area contributed by atoms with Gasteiger partial charge in [-0.05, 0) is 82.6 Å². The van der Waals surface area contributed by atoms with E-state index in [0.29, 0.717) is 0 Å². The number of rotatable bonds is 9. The summed E-state index contributed by atoms with van der Waals surface area (Å²) in [5, 5.41) is 4.83. The third-order valence-electron chi connectivity index (χ3n) is 9.07. The van der Waals surface area contributed by atoms with Crippen LogP contribution in [0.1, 0.15) is 11.1 Å². The molecule has 0 heterocycles. The third kappa shape index (κ3) is 6.19. The maximum atomic E-state index is 2.33. The lowest BCUT2D eigenvalue weighted by Gasteiger charge is -2.27. The van der Waals surface area contributed by atoms with Crippen LogP contribution < -0.4 is 9.80 Å². The quantitative estimate of drug-likeness (QED) is 0.145. The summed E-state index contributed by atoms with van der Waals surface area (Å²) < 4.78 is 0. The summed E-state index contributed by atoms with van der Waals surface area (Å²) >= 11 is 0. The molecule has 0 spiro atoms. The Morgan fingerprint density at radius 1 is 0.260 bits per heavy atom. The van der Waals surface area contributed by atoms with Crippen LogP contribution in [0.3, 0.4) is 0 Å². The summed E-state index contributed by atoms with van der Waals surface area (Å²) in [6.07, 6.45) is 8.72. The predicted molar refractivity (Wildman–Crippen MR) is 215 cm³/mol. The van der Waals surface area contributed by atoms with Gasteiger partial charge >= 0.3 is 0 Å². The van der Waals surface area contributed by atoms with E-state index >= 15 is 0 Å². The van der Waals surface area contributed by atoms with Gasteiger partial charge in [0.15, 0.2) is 0 Å². The molecule has 0 amide bonds. The first kappa shape index (κ1) is 30.7. The van der Waals surface area contributed by atoms with E-state index in [4.69, 9.17) is 0 Å². The highest BCUT2D eigenvalue weighted by Crippen LogP contribution is 2.41. The molecule has 50 heavy (non-hydrogen) atoms. The van der Waals surface area contributed by atoms with E-state index in [2.05, 4.69) is 228 Å².